The van der Waals surface area contributed by atoms with Crippen molar-refractivity contribution < 1.29 is 9.59 Å². The summed E-state index contributed by atoms with van der Waals surface area (Å²) in [7, 11) is 0. The summed E-state index contributed by atoms with van der Waals surface area (Å²) in [5, 5.41) is 2.66. The quantitative estimate of drug-likeness (QED) is 0.717. The van der Waals surface area contributed by atoms with Crippen molar-refractivity contribution in [1.82, 2.24) is 15.1 Å². The van der Waals surface area contributed by atoms with E-state index in [-0.39, 0.29) is 12.1 Å². The van der Waals surface area contributed by atoms with Crippen molar-refractivity contribution in [2.24, 2.45) is 0 Å². The van der Waals surface area contributed by atoms with E-state index in [1.807, 2.05) is 13.8 Å². The smallest absolute Gasteiger partial charge is 0.328 e. The molecule has 0 aromatic rings. The fourth-order valence-electron chi connectivity index (χ4n) is 1.48. The maximum atomic E-state index is 11.8. The van der Waals surface area contributed by atoms with Crippen LogP contribution in [-0.2, 0) is 0 Å². The predicted molar refractivity (Wildman–Crippen MR) is 53.0 cm³/mol. The third kappa shape index (κ3) is 2.16. The molecule has 0 aliphatic carbocycles. The molecule has 0 spiro atoms. The standard InChI is InChI=1S/C9H17N3O2/c1-3-11(4-2)9(14)12-7-5-6-10-8(12)13/h3-7H2,1-2H3,(H,10,13). The lowest BCUT2D eigenvalue weighted by atomic mass is 10.3. The van der Waals surface area contributed by atoms with Crippen molar-refractivity contribution >= 4 is 12.1 Å². The molecule has 0 aromatic carbocycles. The van der Waals surface area contributed by atoms with E-state index >= 15 is 0 Å². The van der Waals surface area contributed by atoms with E-state index in [4.69, 9.17) is 0 Å². The van der Waals surface area contributed by atoms with Crippen molar-refractivity contribution in [2.45, 2.75) is 20.3 Å². The van der Waals surface area contributed by atoms with Crippen LogP contribution < -0.4 is 5.32 Å². The second kappa shape index (κ2) is 4.83. The zero-order valence-electron chi connectivity index (χ0n) is 8.75. The van der Waals surface area contributed by atoms with Gasteiger partial charge in [0.15, 0.2) is 0 Å². The second-order valence-electron chi connectivity index (χ2n) is 3.19. The van der Waals surface area contributed by atoms with Gasteiger partial charge in [-0.15, -0.1) is 0 Å². The maximum absolute atomic E-state index is 11.8. The molecule has 1 N–H and O–H groups in total. The molecule has 1 saturated heterocycles. The van der Waals surface area contributed by atoms with Gasteiger partial charge in [0.2, 0.25) is 0 Å². The molecule has 1 aliphatic heterocycles. The minimum atomic E-state index is -0.270. The van der Waals surface area contributed by atoms with E-state index in [0.29, 0.717) is 26.2 Å². The van der Waals surface area contributed by atoms with Crippen molar-refractivity contribution in [1.29, 1.82) is 0 Å². The first-order valence-corrected chi connectivity index (χ1v) is 5.05. The van der Waals surface area contributed by atoms with E-state index in [1.165, 1.54) is 4.90 Å². The van der Waals surface area contributed by atoms with Gasteiger partial charge < -0.3 is 10.2 Å². The molecule has 0 unspecified atom stereocenters. The molecule has 1 rings (SSSR count). The SMILES string of the molecule is CCN(CC)C(=O)N1CCCNC1=O. The molecule has 5 nitrogen and oxygen atoms in total. The summed E-state index contributed by atoms with van der Waals surface area (Å²) in [6, 6.07) is -0.458. The van der Waals surface area contributed by atoms with Gasteiger partial charge in [0.25, 0.3) is 0 Å². The van der Waals surface area contributed by atoms with Gasteiger partial charge in [0, 0.05) is 26.2 Å². The van der Waals surface area contributed by atoms with E-state index in [0.717, 1.165) is 6.42 Å². The van der Waals surface area contributed by atoms with Gasteiger partial charge in [-0.3, -0.25) is 0 Å². The Hall–Kier alpha value is -1.26. The molecule has 0 radical (unpaired) electrons. The molecule has 0 saturated carbocycles. The van der Waals surface area contributed by atoms with Crippen LogP contribution in [0.5, 0.6) is 0 Å². The summed E-state index contributed by atoms with van der Waals surface area (Å²) < 4.78 is 0. The second-order valence-corrected chi connectivity index (χ2v) is 3.19. The number of nitrogens with zero attached hydrogens (tertiary/aromatic N) is 2. The third-order valence-corrected chi connectivity index (χ3v) is 2.34. The number of carbonyl (C=O) groups excluding carboxylic acids is 2. The third-order valence-electron chi connectivity index (χ3n) is 2.34. The van der Waals surface area contributed by atoms with Crippen LogP contribution in [0.15, 0.2) is 0 Å². The van der Waals surface area contributed by atoms with E-state index < -0.39 is 0 Å². The zero-order valence-corrected chi connectivity index (χ0v) is 8.75. The number of amides is 4. The van der Waals surface area contributed by atoms with Crippen molar-refractivity contribution in [2.75, 3.05) is 26.2 Å². The summed E-state index contributed by atoms with van der Waals surface area (Å²) in [6.07, 6.45) is 0.832. The summed E-state index contributed by atoms with van der Waals surface area (Å²) in [5.74, 6) is 0. The molecule has 14 heavy (non-hydrogen) atoms. The van der Waals surface area contributed by atoms with Gasteiger partial charge in [-0.1, -0.05) is 0 Å². The lowest BCUT2D eigenvalue weighted by Crippen LogP contribution is -2.53. The minimum absolute atomic E-state index is 0.188. The van der Waals surface area contributed by atoms with Gasteiger partial charge in [-0.25, -0.2) is 14.5 Å². The minimum Gasteiger partial charge on any atom is -0.338 e. The predicted octanol–water partition coefficient (Wildman–Crippen LogP) is 0.864. The summed E-state index contributed by atoms with van der Waals surface area (Å²) in [4.78, 5) is 26.0. The molecule has 5 heteroatoms. The normalized spacial score (nSPS) is 16.4. The molecule has 0 aromatic heterocycles. The number of carbonyl (C=O) groups is 2. The van der Waals surface area contributed by atoms with Crippen molar-refractivity contribution in [3.8, 4) is 0 Å². The molecule has 1 fully saturated rings. The Morgan fingerprint density at radius 1 is 1.50 bits per heavy atom. The fraction of sp³-hybridized carbons (Fsp3) is 0.778. The number of hydrogen-bond acceptors (Lipinski definition) is 2. The largest absolute Gasteiger partial charge is 0.338 e. The highest BCUT2D eigenvalue weighted by Crippen LogP contribution is 2.04. The molecule has 80 valence electrons. The van der Waals surface area contributed by atoms with Crippen molar-refractivity contribution in [3.05, 3.63) is 0 Å². The lowest BCUT2D eigenvalue weighted by Gasteiger charge is -2.30. The average molecular weight is 199 g/mol. The van der Waals surface area contributed by atoms with Crippen LogP contribution in [0.3, 0.4) is 0 Å². The van der Waals surface area contributed by atoms with Gasteiger partial charge >= 0.3 is 12.1 Å². The summed E-state index contributed by atoms with van der Waals surface area (Å²) in [5.41, 5.74) is 0. The first kappa shape index (κ1) is 10.8. The van der Waals surface area contributed by atoms with Crippen molar-refractivity contribution in [3.63, 3.8) is 0 Å². The topological polar surface area (TPSA) is 52.7 Å². The number of nitrogens with one attached hydrogen (secondary N) is 1. The maximum Gasteiger partial charge on any atom is 0.328 e. The van der Waals surface area contributed by atoms with Crippen LogP contribution in [0.25, 0.3) is 0 Å². The first-order valence-electron chi connectivity index (χ1n) is 5.05. The first-order chi connectivity index (χ1) is 6.70. The number of rotatable bonds is 2. The van der Waals surface area contributed by atoms with E-state index in [2.05, 4.69) is 5.32 Å². The monoisotopic (exact) mass is 199 g/mol. The molecule has 4 amide bonds. The Morgan fingerprint density at radius 2 is 2.14 bits per heavy atom. The Labute approximate surface area is 84.0 Å². The number of imide groups is 1. The number of urea groups is 2. The van der Waals surface area contributed by atoms with Crippen LogP contribution in [0.2, 0.25) is 0 Å². The van der Waals surface area contributed by atoms with Crippen LogP contribution in [0.4, 0.5) is 9.59 Å². The molecule has 0 bridgehead atoms. The molecule has 0 atom stereocenters. The van der Waals surface area contributed by atoms with Crippen LogP contribution in [0, 0.1) is 0 Å². The fourth-order valence-corrected chi connectivity index (χ4v) is 1.48. The molecule has 1 heterocycles. The van der Waals surface area contributed by atoms with E-state index in [9.17, 15) is 9.59 Å². The summed E-state index contributed by atoms with van der Waals surface area (Å²) >= 11 is 0. The Morgan fingerprint density at radius 3 is 2.64 bits per heavy atom. The molecular formula is C9H17N3O2. The highest BCUT2D eigenvalue weighted by molar-refractivity contribution is 5.93. The average Bonchev–Trinajstić information content (AvgIpc) is 2.20. The van der Waals surface area contributed by atoms with Gasteiger partial charge in [-0.2, -0.15) is 0 Å². The van der Waals surface area contributed by atoms with Gasteiger partial charge in [0.05, 0.1) is 0 Å². The zero-order chi connectivity index (χ0) is 10.6. The van der Waals surface area contributed by atoms with Gasteiger partial charge in [0.1, 0.15) is 0 Å². The summed E-state index contributed by atoms with van der Waals surface area (Å²) in [6.45, 7) is 6.28. The Bertz CT molecular complexity index is 226. The molecular weight excluding hydrogens is 182 g/mol. The van der Waals surface area contributed by atoms with Crippen LogP contribution in [-0.4, -0.2) is 48.0 Å². The molecule has 1 aliphatic rings. The van der Waals surface area contributed by atoms with Crippen LogP contribution in [0.1, 0.15) is 20.3 Å². The lowest BCUT2D eigenvalue weighted by molar-refractivity contribution is 0.151. The Balaban J connectivity index is 2.61. The van der Waals surface area contributed by atoms with Gasteiger partial charge in [-0.05, 0) is 20.3 Å². The number of hydrogen-bond donors (Lipinski definition) is 1. The van der Waals surface area contributed by atoms with Crippen LogP contribution >= 0.6 is 0 Å². The van der Waals surface area contributed by atoms with E-state index in [1.54, 1.807) is 4.90 Å². The highest BCUT2D eigenvalue weighted by atomic mass is 16.2. The highest BCUT2D eigenvalue weighted by Gasteiger charge is 2.26. The Kier molecular flexibility index (Phi) is 3.73.